The van der Waals surface area contributed by atoms with E-state index in [4.69, 9.17) is 4.74 Å². The van der Waals surface area contributed by atoms with Gasteiger partial charge in [0.05, 0.1) is 11.0 Å². The van der Waals surface area contributed by atoms with Crippen LogP contribution in [-0.4, -0.2) is 35.2 Å². The van der Waals surface area contributed by atoms with E-state index in [-0.39, 0.29) is 24.5 Å². The lowest BCUT2D eigenvalue weighted by molar-refractivity contribution is -0.196. The molecule has 5 fully saturated rings. The van der Waals surface area contributed by atoms with E-state index in [1.807, 2.05) is 0 Å². The van der Waals surface area contributed by atoms with Crippen molar-refractivity contribution in [2.24, 2.45) is 17.3 Å². The number of carbonyl (C=O) groups is 2. The molecule has 5 aliphatic carbocycles. The largest absolute Gasteiger partial charge is 0.455 e. The van der Waals surface area contributed by atoms with Crippen LogP contribution in [0.4, 0.5) is 0 Å². The van der Waals surface area contributed by atoms with Crippen LogP contribution >= 0.6 is 0 Å². The third-order valence-corrected chi connectivity index (χ3v) is 5.74. The Hall–Kier alpha value is -1.10. The number of esters is 1. The van der Waals surface area contributed by atoms with Gasteiger partial charge in [-0.1, -0.05) is 0 Å². The highest BCUT2D eigenvalue weighted by Gasteiger charge is 2.60. The smallest absolute Gasteiger partial charge is 0.312 e. The second-order valence-corrected chi connectivity index (χ2v) is 7.88. The maximum atomic E-state index is 12.5. The van der Waals surface area contributed by atoms with Crippen LogP contribution in [0.3, 0.4) is 0 Å². The Morgan fingerprint density at radius 1 is 1.14 bits per heavy atom. The van der Waals surface area contributed by atoms with Gasteiger partial charge in [0.15, 0.2) is 6.61 Å². The van der Waals surface area contributed by atoms with Gasteiger partial charge in [-0.2, -0.15) is 0 Å². The fourth-order valence-electron chi connectivity index (χ4n) is 5.23. The minimum atomic E-state index is -0.667. The van der Waals surface area contributed by atoms with Gasteiger partial charge in [-0.15, -0.1) is 0 Å². The van der Waals surface area contributed by atoms with Crippen LogP contribution in [0.1, 0.15) is 51.4 Å². The zero-order valence-corrected chi connectivity index (χ0v) is 12.3. The number of hydrogen-bond donors (Lipinski definition) is 2. The molecule has 5 aliphatic rings. The summed E-state index contributed by atoms with van der Waals surface area (Å²) in [6.07, 6.45) is 7.04. The van der Waals surface area contributed by atoms with E-state index in [1.54, 1.807) is 0 Å². The molecule has 0 radical (unpaired) electrons. The maximum absolute atomic E-state index is 12.5. The van der Waals surface area contributed by atoms with Crippen molar-refractivity contribution in [2.45, 2.75) is 63.0 Å². The van der Waals surface area contributed by atoms with Gasteiger partial charge < -0.3 is 15.2 Å². The number of rotatable bonds is 4. The van der Waals surface area contributed by atoms with Crippen LogP contribution in [0.15, 0.2) is 0 Å². The van der Waals surface area contributed by atoms with Crippen molar-refractivity contribution < 1.29 is 19.4 Å². The molecular formula is C16H23NO4. The molecule has 5 rings (SSSR count). The Balaban J connectivity index is 1.40. The third-order valence-electron chi connectivity index (χ3n) is 5.74. The first kappa shape index (κ1) is 13.6. The fourth-order valence-corrected chi connectivity index (χ4v) is 5.23. The maximum Gasteiger partial charge on any atom is 0.312 e. The molecule has 2 atom stereocenters. The summed E-state index contributed by atoms with van der Waals surface area (Å²) < 4.78 is 5.30. The van der Waals surface area contributed by atoms with Crippen LogP contribution in [0.5, 0.6) is 0 Å². The van der Waals surface area contributed by atoms with Crippen LogP contribution in [0.25, 0.3) is 0 Å². The highest BCUT2D eigenvalue weighted by atomic mass is 16.5. The van der Waals surface area contributed by atoms with Gasteiger partial charge in [0.25, 0.3) is 5.91 Å². The Labute approximate surface area is 124 Å². The molecule has 0 spiro atoms. The number of hydrogen-bond acceptors (Lipinski definition) is 4. The van der Waals surface area contributed by atoms with Crippen LogP contribution in [0.2, 0.25) is 0 Å². The fraction of sp³-hybridized carbons (Fsp3) is 0.875. The van der Waals surface area contributed by atoms with Crippen molar-refractivity contribution in [3.8, 4) is 0 Å². The summed E-state index contributed by atoms with van der Waals surface area (Å²) in [5.41, 5.74) is -1.20. The van der Waals surface area contributed by atoms with Crippen LogP contribution in [-0.2, 0) is 14.3 Å². The average molecular weight is 293 g/mol. The monoisotopic (exact) mass is 293 g/mol. The normalized spacial score (nSPS) is 43.7. The molecule has 5 heteroatoms. The van der Waals surface area contributed by atoms with E-state index < -0.39 is 11.0 Å². The first-order valence-corrected chi connectivity index (χ1v) is 8.15. The molecule has 0 aliphatic heterocycles. The molecule has 4 bridgehead atoms. The average Bonchev–Trinajstić information content (AvgIpc) is 3.16. The summed E-state index contributed by atoms with van der Waals surface area (Å²) in [7, 11) is 0. The molecule has 1 amide bonds. The van der Waals surface area contributed by atoms with Gasteiger partial charge in [0, 0.05) is 6.04 Å². The number of ether oxygens (including phenoxy) is 1. The minimum absolute atomic E-state index is 0.176. The van der Waals surface area contributed by atoms with Crippen LogP contribution in [0, 0.1) is 17.3 Å². The van der Waals surface area contributed by atoms with Crippen molar-refractivity contribution in [1.82, 2.24) is 5.32 Å². The molecule has 0 heterocycles. The zero-order chi connectivity index (χ0) is 14.7. The summed E-state index contributed by atoms with van der Waals surface area (Å²) in [5, 5.41) is 13.5. The molecular weight excluding hydrogens is 270 g/mol. The Morgan fingerprint density at radius 3 is 2.38 bits per heavy atom. The molecule has 0 aromatic heterocycles. The number of nitrogens with one attached hydrogen (secondary N) is 1. The van der Waals surface area contributed by atoms with Crippen molar-refractivity contribution >= 4 is 11.9 Å². The summed E-state index contributed by atoms with van der Waals surface area (Å²) in [4.78, 5) is 24.2. The first-order valence-electron chi connectivity index (χ1n) is 8.15. The lowest BCUT2D eigenvalue weighted by Crippen LogP contribution is -2.58. The van der Waals surface area contributed by atoms with E-state index >= 15 is 0 Å². The Morgan fingerprint density at radius 2 is 1.81 bits per heavy atom. The van der Waals surface area contributed by atoms with Crippen molar-refractivity contribution in [2.75, 3.05) is 6.61 Å². The molecule has 2 N–H and O–H groups in total. The van der Waals surface area contributed by atoms with Gasteiger partial charge in [-0.05, 0) is 63.2 Å². The van der Waals surface area contributed by atoms with E-state index in [9.17, 15) is 14.7 Å². The summed E-state index contributed by atoms with van der Waals surface area (Å²) in [6.45, 7) is -0.176. The highest BCUT2D eigenvalue weighted by molar-refractivity contribution is 5.83. The van der Waals surface area contributed by atoms with E-state index in [0.717, 1.165) is 44.9 Å². The Kier molecular flexibility index (Phi) is 2.87. The predicted octanol–water partition coefficient (Wildman–Crippen LogP) is 1.14. The van der Waals surface area contributed by atoms with Crippen molar-refractivity contribution in [3.63, 3.8) is 0 Å². The standard InChI is InChI=1S/C16H23NO4/c18-13(17-12-1-2-12)8-21-14(19)15-4-10-3-11(5-15)7-16(20,6-10)9-15/h10-12,20H,1-9H2,(H,17,18)/t10-,11-,15?,16?/m0/s1. The Bertz CT molecular complexity index is 471. The quantitative estimate of drug-likeness (QED) is 0.762. The van der Waals surface area contributed by atoms with Gasteiger partial charge in [-0.3, -0.25) is 9.59 Å². The van der Waals surface area contributed by atoms with E-state index in [2.05, 4.69) is 5.32 Å². The van der Waals surface area contributed by atoms with Crippen LogP contribution < -0.4 is 5.32 Å². The lowest BCUT2D eigenvalue weighted by atomic mass is 9.48. The van der Waals surface area contributed by atoms with Crippen molar-refractivity contribution in [3.05, 3.63) is 0 Å². The molecule has 0 saturated heterocycles. The first-order chi connectivity index (χ1) is 9.96. The molecule has 0 aromatic rings. The lowest BCUT2D eigenvalue weighted by Gasteiger charge is -2.58. The number of carbonyl (C=O) groups excluding carboxylic acids is 2. The predicted molar refractivity (Wildman–Crippen MR) is 74.2 cm³/mol. The van der Waals surface area contributed by atoms with E-state index in [0.29, 0.717) is 18.3 Å². The summed E-state index contributed by atoms with van der Waals surface area (Å²) in [5.74, 6) is 0.434. The van der Waals surface area contributed by atoms with Gasteiger partial charge in [-0.25, -0.2) is 0 Å². The van der Waals surface area contributed by atoms with Gasteiger partial charge >= 0.3 is 5.97 Å². The molecule has 21 heavy (non-hydrogen) atoms. The van der Waals surface area contributed by atoms with E-state index in [1.165, 1.54) is 0 Å². The third kappa shape index (κ3) is 2.45. The second-order valence-electron chi connectivity index (χ2n) is 7.88. The van der Waals surface area contributed by atoms with Crippen molar-refractivity contribution in [1.29, 1.82) is 0 Å². The molecule has 0 unspecified atom stereocenters. The van der Waals surface area contributed by atoms with Gasteiger partial charge in [0.2, 0.25) is 0 Å². The van der Waals surface area contributed by atoms with Gasteiger partial charge in [0.1, 0.15) is 0 Å². The summed E-state index contributed by atoms with van der Waals surface area (Å²) >= 11 is 0. The highest BCUT2D eigenvalue weighted by Crippen LogP contribution is 2.61. The minimum Gasteiger partial charge on any atom is -0.455 e. The molecule has 5 nitrogen and oxygen atoms in total. The number of amides is 1. The topological polar surface area (TPSA) is 75.6 Å². The molecule has 116 valence electrons. The second kappa shape index (κ2) is 4.45. The summed E-state index contributed by atoms with van der Waals surface area (Å²) in [6, 6.07) is 0.288. The zero-order valence-electron chi connectivity index (χ0n) is 12.3. The molecule has 0 aromatic carbocycles. The molecule has 5 saturated carbocycles. The SMILES string of the molecule is O=C(COC(=O)C12C[C@@H]3C[C@H](CC(O)(C3)C1)C2)NC1CC1. The number of aliphatic hydroxyl groups is 1.